The first kappa shape index (κ1) is 13.7. The van der Waals surface area contributed by atoms with E-state index in [0.29, 0.717) is 12.2 Å². The summed E-state index contributed by atoms with van der Waals surface area (Å²) in [6.07, 6.45) is 5.24. The molecular formula is C12H21N3O2. The van der Waals surface area contributed by atoms with Crippen LogP contribution in [0.1, 0.15) is 32.4 Å². The summed E-state index contributed by atoms with van der Waals surface area (Å²) in [6.45, 7) is 5.63. The molecule has 96 valence electrons. The van der Waals surface area contributed by atoms with Gasteiger partial charge in [-0.1, -0.05) is 13.8 Å². The predicted octanol–water partition coefficient (Wildman–Crippen LogP) is 1.19. The maximum absolute atomic E-state index is 12.1. The van der Waals surface area contributed by atoms with Crippen LogP contribution >= 0.6 is 0 Å². The molecule has 0 aliphatic rings. The Morgan fingerprint density at radius 2 is 2.12 bits per heavy atom. The summed E-state index contributed by atoms with van der Waals surface area (Å²) in [5.41, 5.74) is 5.89. The molecule has 17 heavy (non-hydrogen) atoms. The summed E-state index contributed by atoms with van der Waals surface area (Å²) >= 11 is 0. The third-order valence-corrected chi connectivity index (χ3v) is 2.52. The van der Waals surface area contributed by atoms with E-state index >= 15 is 0 Å². The second kappa shape index (κ2) is 7.06. The van der Waals surface area contributed by atoms with Crippen molar-refractivity contribution in [3.63, 3.8) is 0 Å². The van der Waals surface area contributed by atoms with Crippen molar-refractivity contribution >= 4 is 5.91 Å². The lowest BCUT2D eigenvalue weighted by atomic mass is 10.1. The molecule has 0 spiro atoms. The standard InChI is InChI=1S/C12H21N3O2/c1-3-5-15(6-4-2)12(16)11(13)7-10-8-14-9-17-10/h8-9,11H,3-7,13H2,1-2H3. The third-order valence-electron chi connectivity index (χ3n) is 2.52. The van der Waals surface area contributed by atoms with E-state index in [1.54, 1.807) is 6.20 Å². The number of nitrogens with two attached hydrogens (primary N) is 1. The van der Waals surface area contributed by atoms with Crippen LogP contribution in [0.4, 0.5) is 0 Å². The second-order valence-electron chi connectivity index (χ2n) is 4.10. The molecular weight excluding hydrogens is 218 g/mol. The van der Waals surface area contributed by atoms with Crippen LogP contribution in [0, 0.1) is 0 Å². The molecule has 0 bridgehead atoms. The average molecular weight is 239 g/mol. The van der Waals surface area contributed by atoms with Crippen LogP contribution < -0.4 is 5.73 Å². The van der Waals surface area contributed by atoms with Crippen LogP contribution in [0.25, 0.3) is 0 Å². The second-order valence-corrected chi connectivity index (χ2v) is 4.10. The Labute approximate surface area is 102 Å². The molecule has 0 saturated heterocycles. The molecule has 0 saturated carbocycles. The van der Waals surface area contributed by atoms with Crippen molar-refractivity contribution in [3.8, 4) is 0 Å². The van der Waals surface area contributed by atoms with E-state index in [1.807, 2.05) is 4.90 Å². The lowest BCUT2D eigenvalue weighted by Gasteiger charge is -2.24. The number of hydrogen-bond acceptors (Lipinski definition) is 4. The Morgan fingerprint density at radius 3 is 2.59 bits per heavy atom. The molecule has 1 rings (SSSR count). The summed E-state index contributed by atoms with van der Waals surface area (Å²) in [7, 11) is 0. The van der Waals surface area contributed by atoms with Crippen LogP contribution in [0.3, 0.4) is 0 Å². The summed E-state index contributed by atoms with van der Waals surface area (Å²) in [4.78, 5) is 17.7. The zero-order chi connectivity index (χ0) is 12.7. The molecule has 0 aliphatic heterocycles. The Balaban J connectivity index is 2.53. The molecule has 0 aromatic carbocycles. The van der Waals surface area contributed by atoms with Crippen LogP contribution in [-0.4, -0.2) is 34.9 Å². The molecule has 2 N–H and O–H groups in total. The van der Waals surface area contributed by atoms with Gasteiger partial charge in [0.05, 0.1) is 12.2 Å². The first-order valence-corrected chi connectivity index (χ1v) is 6.10. The zero-order valence-electron chi connectivity index (χ0n) is 10.6. The topological polar surface area (TPSA) is 72.4 Å². The minimum Gasteiger partial charge on any atom is -0.448 e. The molecule has 1 unspecified atom stereocenters. The van der Waals surface area contributed by atoms with E-state index in [9.17, 15) is 4.79 Å². The van der Waals surface area contributed by atoms with Crippen molar-refractivity contribution < 1.29 is 9.21 Å². The molecule has 1 amide bonds. The smallest absolute Gasteiger partial charge is 0.239 e. The molecule has 5 heteroatoms. The summed E-state index contributed by atoms with van der Waals surface area (Å²) in [5.74, 6) is 0.642. The summed E-state index contributed by atoms with van der Waals surface area (Å²) in [5, 5.41) is 0. The van der Waals surface area contributed by atoms with Crippen LogP contribution in [-0.2, 0) is 11.2 Å². The first-order chi connectivity index (χ1) is 8.19. The number of carbonyl (C=O) groups excluding carboxylic acids is 1. The molecule has 1 aromatic rings. The Bertz CT molecular complexity index is 319. The van der Waals surface area contributed by atoms with E-state index < -0.39 is 6.04 Å². The number of hydrogen-bond donors (Lipinski definition) is 1. The SMILES string of the molecule is CCCN(CCC)C(=O)C(N)Cc1cnco1. The van der Waals surface area contributed by atoms with Gasteiger partial charge in [0.25, 0.3) is 0 Å². The Kier molecular flexibility index (Phi) is 5.69. The van der Waals surface area contributed by atoms with Crippen molar-refractivity contribution in [2.45, 2.75) is 39.2 Å². The largest absolute Gasteiger partial charge is 0.448 e. The molecule has 5 nitrogen and oxygen atoms in total. The monoisotopic (exact) mass is 239 g/mol. The van der Waals surface area contributed by atoms with E-state index in [0.717, 1.165) is 25.9 Å². The first-order valence-electron chi connectivity index (χ1n) is 6.10. The van der Waals surface area contributed by atoms with Crippen molar-refractivity contribution in [1.29, 1.82) is 0 Å². The van der Waals surface area contributed by atoms with Crippen LogP contribution in [0.5, 0.6) is 0 Å². The van der Waals surface area contributed by atoms with Gasteiger partial charge >= 0.3 is 0 Å². The number of nitrogens with zero attached hydrogens (tertiary/aromatic N) is 2. The number of rotatable bonds is 7. The lowest BCUT2D eigenvalue weighted by Crippen LogP contribution is -2.45. The van der Waals surface area contributed by atoms with Crippen molar-refractivity contribution in [2.75, 3.05) is 13.1 Å². The highest BCUT2D eigenvalue weighted by Crippen LogP contribution is 2.04. The Morgan fingerprint density at radius 1 is 1.47 bits per heavy atom. The highest BCUT2D eigenvalue weighted by atomic mass is 16.3. The van der Waals surface area contributed by atoms with Gasteiger partial charge in [0.1, 0.15) is 5.76 Å². The zero-order valence-corrected chi connectivity index (χ0v) is 10.6. The van der Waals surface area contributed by atoms with Crippen molar-refractivity contribution in [1.82, 2.24) is 9.88 Å². The average Bonchev–Trinajstić information content (AvgIpc) is 2.80. The van der Waals surface area contributed by atoms with Crippen LogP contribution in [0.2, 0.25) is 0 Å². The fourth-order valence-electron chi connectivity index (χ4n) is 1.75. The lowest BCUT2D eigenvalue weighted by molar-refractivity contribution is -0.132. The summed E-state index contributed by atoms with van der Waals surface area (Å²) < 4.78 is 5.09. The van der Waals surface area contributed by atoms with E-state index in [2.05, 4.69) is 18.8 Å². The van der Waals surface area contributed by atoms with Gasteiger partial charge in [-0.25, -0.2) is 4.98 Å². The quantitative estimate of drug-likeness (QED) is 0.775. The highest BCUT2D eigenvalue weighted by molar-refractivity contribution is 5.81. The van der Waals surface area contributed by atoms with Gasteiger partial charge in [0.15, 0.2) is 6.39 Å². The normalized spacial score (nSPS) is 12.4. The fraction of sp³-hybridized carbons (Fsp3) is 0.667. The minimum atomic E-state index is -0.541. The van der Waals surface area contributed by atoms with Gasteiger partial charge < -0.3 is 15.1 Å². The molecule has 1 atom stereocenters. The predicted molar refractivity (Wildman–Crippen MR) is 65.3 cm³/mol. The van der Waals surface area contributed by atoms with Gasteiger partial charge in [0, 0.05) is 19.5 Å². The van der Waals surface area contributed by atoms with Gasteiger partial charge in [-0.2, -0.15) is 0 Å². The third kappa shape index (κ3) is 4.19. The highest BCUT2D eigenvalue weighted by Gasteiger charge is 2.21. The molecule has 0 aliphatic carbocycles. The van der Waals surface area contributed by atoms with E-state index in [4.69, 9.17) is 10.2 Å². The number of aromatic nitrogens is 1. The maximum Gasteiger partial charge on any atom is 0.239 e. The molecule has 0 radical (unpaired) electrons. The Hall–Kier alpha value is -1.36. The van der Waals surface area contributed by atoms with Gasteiger partial charge in [-0.15, -0.1) is 0 Å². The van der Waals surface area contributed by atoms with E-state index in [1.165, 1.54) is 6.39 Å². The van der Waals surface area contributed by atoms with Gasteiger partial charge in [-0.3, -0.25) is 4.79 Å². The van der Waals surface area contributed by atoms with Gasteiger partial charge in [0.2, 0.25) is 5.91 Å². The summed E-state index contributed by atoms with van der Waals surface area (Å²) in [6, 6.07) is -0.541. The number of carbonyl (C=O) groups is 1. The number of oxazole rings is 1. The molecule has 0 fully saturated rings. The minimum absolute atomic E-state index is 0.00917. The van der Waals surface area contributed by atoms with Gasteiger partial charge in [-0.05, 0) is 12.8 Å². The maximum atomic E-state index is 12.1. The molecule has 1 heterocycles. The van der Waals surface area contributed by atoms with Crippen molar-refractivity contribution in [3.05, 3.63) is 18.4 Å². The fourth-order valence-corrected chi connectivity index (χ4v) is 1.75. The molecule has 1 aromatic heterocycles. The van der Waals surface area contributed by atoms with Crippen LogP contribution in [0.15, 0.2) is 17.0 Å². The number of amides is 1. The van der Waals surface area contributed by atoms with Crippen molar-refractivity contribution in [2.24, 2.45) is 5.73 Å². The van der Waals surface area contributed by atoms with E-state index in [-0.39, 0.29) is 5.91 Å².